The van der Waals surface area contributed by atoms with Gasteiger partial charge in [-0.05, 0) is 36.6 Å². The van der Waals surface area contributed by atoms with Gasteiger partial charge < -0.3 is 5.32 Å². The molecule has 2 rings (SSSR count). The number of hydrogen-bond donors (Lipinski definition) is 1. The molecule has 0 aromatic carbocycles. The van der Waals surface area contributed by atoms with Crippen LogP contribution < -0.4 is 5.32 Å². The van der Waals surface area contributed by atoms with Gasteiger partial charge in [-0.2, -0.15) is 0 Å². The predicted octanol–water partition coefficient (Wildman–Crippen LogP) is 1.66. The largest absolute Gasteiger partial charge is 0.311 e. The van der Waals surface area contributed by atoms with Crippen LogP contribution >= 0.6 is 0 Å². The maximum absolute atomic E-state index is 4.16. The van der Waals surface area contributed by atoms with Crippen LogP contribution in [0.5, 0.6) is 0 Å². The molecule has 0 spiro atoms. The monoisotopic (exact) mass is 259 g/mol. The van der Waals surface area contributed by atoms with Gasteiger partial charge in [-0.3, -0.25) is 9.67 Å². The molecule has 102 valence electrons. The highest BCUT2D eigenvalue weighted by atomic mass is 15.4. The van der Waals surface area contributed by atoms with E-state index in [1.165, 1.54) is 5.56 Å². The van der Waals surface area contributed by atoms with E-state index in [1.54, 1.807) is 0 Å². The topological polar surface area (TPSA) is 55.6 Å². The van der Waals surface area contributed by atoms with Crippen LogP contribution in [0.3, 0.4) is 0 Å². The Balaban J connectivity index is 1.77. The molecule has 19 heavy (non-hydrogen) atoms. The van der Waals surface area contributed by atoms with Crippen LogP contribution in [0.15, 0.2) is 30.7 Å². The maximum atomic E-state index is 4.16. The lowest BCUT2D eigenvalue weighted by atomic mass is 10.2. The minimum Gasteiger partial charge on any atom is -0.311 e. The molecule has 2 aromatic heterocycles. The van der Waals surface area contributed by atoms with Crippen molar-refractivity contribution in [2.45, 2.75) is 33.4 Å². The third-order valence-electron chi connectivity index (χ3n) is 2.82. The van der Waals surface area contributed by atoms with Crippen molar-refractivity contribution in [1.29, 1.82) is 0 Å². The first kappa shape index (κ1) is 13.7. The molecule has 0 radical (unpaired) electrons. The molecule has 0 saturated heterocycles. The normalized spacial score (nSPS) is 11.1. The van der Waals surface area contributed by atoms with Gasteiger partial charge in [0.2, 0.25) is 0 Å². The van der Waals surface area contributed by atoms with Gasteiger partial charge in [-0.25, -0.2) is 0 Å². The highest BCUT2D eigenvalue weighted by Gasteiger charge is 2.01. The van der Waals surface area contributed by atoms with Crippen molar-refractivity contribution >= 4 is 0 Å². The molecule has 0 aliphatic carbocycles. The number of nitrogens with one attached hydrogen (secondary N) is 1. The Bertz CT molecular complexity index is 478. The molecule has 0 saturated carbocycles. The summed E-state index contributed by atoms with van der Waals surface area (Å²) in [4.78, 5) is 4.01. The second-order valence-corrected chi connectivity index (χ2v) is 5.10. The van der Waals surface area contributed by atoms with Crippen molar-refractivity contribution < 1.29 is 0 Å². The minimum atomic E-state index is 0.654. The maximum Gasteiger partial charge on any atom is 0.0964 e. The average Bonchev–Trinajstić information content (AvgIpc) is 2.85. The van der Waals surface area contributed by atoms with Crippen LogP contribution in [0, 0.1) is 5.92 Å². The Kier molecular flexibility index (Phi) is 5.03. The van der Waals surface area contributed by atoms with E-state index in [4.69, 9.17) is 0 Å². The summed E-state index contributed by atoms with van der Waals surface area (Å²) >= 11 is 0. The molecule has 0 fully saturated rings. The van der Waals surface area contributed by atoms with Crippen LogP contribution in [-0.4, -0.2) is 26.5 Å². The highest BCUT2D eigenvalue weighted by molar-refractivity contribution is 5.09. The van der Waals surface area contributed by atoms with Crippen LogP contribution in [0.1, 0.15) is 25.1 Å². The molecule has 2 aromatic rings. The summed E-state index contributed by atoms with van der Waals surface area (Å²) in [6, 6.07) is 4.06. The fourth-order valence-corrected chi connectivity index (χ4v) is 1.81. The van der Waals surface area contributed by atoms with Crippen molar-refractivity contribution in [1.82, 2.24) is 25.3 Å². The zero-order valence-corrected chi connectivity index (χ0v) is 11.6. The molecule has 0 atom stereocenters. The number of aromatic nitrogens is 4. The number of pyridine rings is 1. The Morgan fingerprint density at radius 2 is 2.05 bits per heavy atom. The minimum absolute atomic E-state index is 0.654. The predicted molar refractivity (Wildman–Crippen MR) is 74.5 cm³/mol. The molecule has 0 aliphatic rings. The second-order valence-electron chi connectivity index (χ2n) is 5.10. The van der Waals surface area contributed by atoms with E-state index in [0.29, 0.717) is 5.92 Å². The number of nitrogens with zero attached hydrogens (tertiary/aromatic N) is 4. The third kappa shape index (κ3) is 4.79. The third-order valence-corrected chi connectivity index (χ3v) is 2.82. The number of rotatable bonds is 7. The SMILES string of the molecule is CC(C)CNCc1cn(CCc2ccncc2)nn1. The quantitative estimate of drug-likeness (QED) is 0.821. The zero-order valence-electron chi connectivity index (χ0n) is 11.6. The van der Waals surface area contributed by atoms with Crippen molar-refractivity contribution in [3.63, 3.8) is 0 Å². The zero-order chi connectivity index (χ0) is 13.5. The molecule has 0 unspecified atom stereocenters. The lowest BCUT2D eigenvalue weighted by Crippen LogP contribution is -2.19. The smallest absolute Gasteiger partial charge is 0.0964 e. The number of hydrogen-bond acceptors (Lipinski definition) is 4. The fourth-order valence-electron chi connectivity index (χ4n) is 1.81. The van der Waals surface area contributed by atoms with Crippen molar-refractivity contribution in [3.8, 4) is 0 Å². The van der Waals surface area contributed by atoms with E-state index < -0.39 is 0 Å². The van der Waals surface area contributed by atoms with Gasteiger partial charge in [0.05, 0.1) is 5.69 Å². The molecule has 0 bridgehead atoms. The van der Waals surface area contributed by atoms with Gasteiger partial charge in [0, 0.05) is 31.7 Å². The van der Waals surface area contributed by atoms with Crippen LogP contribution in [0.25, 0.3) is 0 Å². The van der Waals surface area contributed by atoms with Gasteiger partial charge >= 0.3 is 0 Å². The van der Waals surface area contributed by atoms with E-state index in [0.717, 1.165) is 31.7 Å². The van der Waals surface area contributed by atoms with Crippen molar-refractivity contribution in [2.24, 2.45) is 5.92 Å². The molecule has 5 heteroatoms. The van der Waals surface area contributed by atoms with E-state index >= 15 is 0 Å². The molecule has 0 amide bonds. The first-order chi connectivity index (χ1) is 9.24. The van der Waals surface area contributed by atoms with E-state index in [-0.39, 0.29) is 0 Å². The summed E-state index contributed by atoms with van der Waals surface area (Å²) < 4.78 is 1.90. The summed E-state index contributed by atoms with van der Waals surface area (Å²) in [5.74, 6) is 0.654. The van der Waals surface area contributed by atoms with Gasteiger partial charge in [-0.1, -0.05) is 19.1 Å². The molecular formula is C14H21N5. The summed E-state index contributed by atoms with van der Waals surface area (Å²) in [5.41, 5.74) is 2.26. The lowest BCUT2D eigenvalue weighted by Gasteiger charge is -2.04. The van der Waals surface area contributed by atoms with Crippen molar-refractivity contribution in [3.05, 3.63) is 42.0 Å². The summed E-state index contributed by atoms with van der Waals surface area (Å²) in [6.45, 7) is 7.02. The first-order valence-electron chi connectivity index (χ1n) is 6.72. The molecule has 2 heterocycles. The Morgan fingerprint density at radius 1 is 1.26 bits per heavy atom. The Morgan fingerprint density at radius 3 is 2.79 bits per heavy atom. The lowest BCUT2D eigenvalue weighted by molar-refractivity contribution is 0.547. The summed E-state index contributed by atoms with van der Waals surface area (Å²) in [5, 5.41) is 11.7. The summed E-state index contributed by atoms with van der Waals surface area (Å²) in [7, 11) is 0. The standard InChI is InChI=1S/C14H21N5/c1-12(2)9-16-10-14-11-19(18-17-14)8-5-13-3-6-15-7-4-13/h3-4,6-7,11-12,16H,5,8-10H2,1-2H3. The first-order valence-corrected chi connectivity index (χ1v) is 6.72. The molecule has 5 nitrogen and oxygen atoms in total. The Hall–Kier alpha value is -1.75. The van der Waals surface area contributed by atoms with Gasteiger partial charge in [0.15, 0.2) is 0 Å². The van der Waals surface area contributed by atoms with E-state index in [1.807, 2.05) is 35.4 Å². The molecule has 1 N–H and O–H groups in total. The van der Waals surface area contributed by atoms with Gasteiger partial charge in [0.1, 0.15) is 0 Å². The fraction of sp³-hybridized carbons (Fsp3) is 0.500. The van der Waals surface area contributed by atoms with Gasteiger partial charge in [0.25, 0.3) is 0 Å². The molecule has 0 aliphatic heterocycles. The van der Waals surface area contributed by atoms with Crippen molar-refractivity contribution in [2.75, 3.05) is 6.54 Å². The Labute approximate surface area is 114 Å². The van der Waals surface area contributed by atoms with Crippen LogP contribution in [0.4, 0.5) is 0 Å². The summed E-state index contributed by atoms with van der Waals surface area (Å²) in [6.07, 6.45) is 6.59. The van der Waals surface area contributed by atoms with Crippen LogP contribution in [-0.2, 0) is 19.5 Å². The molecular weight excluding hydrogens is 238 g/mol. The number of aryl methyl sites for hydroxylation is 2. The average molecular weight is 259 g/mol. The van der Waals surface area contributed by atoms with Crippen LogP contribution in [0.2, 0.25) is 0 Å². The van der Waals surface area contributed by atoms with Gasteiger partial charge in [-0.15, -0.1) is 5.10 Å². The second kappa shape index (κ2) is 6.99. The highest BCUT2D eigenvalue weighted by Crippen LogP contribution is 2.00. The van der Waals surface area contributed by atoms with E-state index in [2.05, 4.69) is 34.5 Å². The van der Waals surface area contributed by atoms with E-state index in [9.17, 15) is 0 Å².